The molecule has 0 bridgehead atoms. The summed E-state index contributed by atoms with van der Waals surface area (Å²) < 4.78 is 18.4. The number of Topliss-reactive ketones (excluding diaryl/α,β-unsaturated/α-hetero) is 1. The van der Waals surface area contributed by atoms with Crippen LogP contribution < -0.4 is 0 Å². The van der Waals surface area contributed by atoms with E-state index in [0.717, 1.165) is 38.5 Å². The lowest BCUT2D eigenvalue weighted by atomic mass is 9.48. The molecular weight excluding hydrogens is 468 g/mol. The average Bonchev–Trinajstić information content (AvgIpc) is 3.05. The molecule has 37 heavy (non-hydrogen) atoms. The Morgan fingerprint density at radius 3 is 2.35 bits per heavy atom. The van der Waals surface area contributed by atoms with E-state index in [2.05, 4.69) is 13.8 Å². The van der Waals surface area contributed by atoms with Crippen LogP contribution in [0, 0.1) is 45.8 Å². The lowest BCUT2D eigenvalue weighted by Crippen LogP contribution is -2.52. The van der Waals surface area contributed by atoms with E-state index in [4.69, 9.17) is 14.2 Å². The molecule has 1 saturated heterocycles. The van der Waals surface area contributed by atoms with Gasteiger partial charge in [0.15, 0.2) is 0 Å². The van der Waals surface area contributed by atoms with E-state index in [1.54, 1.807) is 0 Å². The van der Waals surface area contributed by atoms with Crippen molar-refractivity contribution in [3.8, 4) is 0 Å². The van der Waals surface area contributed by atoms with Gasteiger partial charge in [0, 0.05) is 32.1 Å². The highest BCUT2D eigenvalue weighted by Gasteiger charge is 2.79. The Balaban J connectivity index is 1.28. The number of hydrogen-bond acceptors (Lipinski definition) is 6. The maximum Gasteiger partial charge on any atom is 0.303 e. The van der Waals surface area contributed by atoms with Crippen LogP contribution in [0.4, 0.5) is 0 Å². The summed E-state index contributed by atoms with van der Waals surface area (Å²) in [7, 11) is 0. The molecule has 6 heteroatoms. The molecule has 11 unspecified atom stereocenters. The number of ketones is 1. The lowest BCUT2D eigenvalue weighted by molar-refractivity contribution is -0.177. The Morgan fingerprint density at radius 1 is 0.946 bits per heavy atom. The summed E-state index contributed by atoms with van der Waals surface area (Å²) in [6.07, 6.45) is 10.3. The number of fused-ring (bicyclic) bond motifs is 2. The maximum atomic E-state index is 12.6. The smallest absolute Gasteiger partial charge is 0.303 e. The van der Waals surface area contributed by atoms with Crippen LogP contribution in [0.5, 0.6) is 0 Å². The summed E-state index contributed by atoms with van der Waals surface area (Å²) in [6.45, 7) is 11.5. The second-order valence-electron chi connectivity index (χ2n) is 14.5. The molecule has 0 aromatic rings. The summed E-state index contributed by atoms with van der Waals surface area (Å²) in [5, 5.41) is 0. The van der Waals surface area contributed by atoms with Crippen LogP contribution in [0.3, 0.4) is 0 Å². The van der Waals surface area contributed by atoms with Gasteiger partial charge in [0.25, 0.3) is 0 Å². The van der Waals surface area contributed by atoms with Crippen LogP contribution in [0.15, 0.2) is 0 Å². The van der Waals surface area contributed by atoms with E-state index >= 15 is 0 Å². The van der Waals surface area contributed by atoms with E-state index in [1.165, 1.54) is 39.5 Å². The Bertz CT molecular complexity index is 1000. The fourth-order valence-electron chi connectivity index (χ4n) is 11.3. The molecule has 6 fully saturated rings. The van der Waals surface area contributed by atoms with Crippen molar-refractivity contribution >= 4 is 17.7 Å². The van der Waals surface area contributed by atoms with Crippen molar-refractivity contribution in [3.63, 3.8) is 0 Å². The SMILES string of the molecule is CC(=O)OC1CC2C3CCC4C(C)C(=O)CCC45CC35CCC2(C)C1C1CCC(C(C)(C)OC(C)=O)O1. The average molecular weight is 515 g/mol. The van der Waals surface area contributed by atoms with Gasteiger partial charge in [-0.3, -0.25) is 14.4 Å². The molecule has 0 radical (unpaired) electrons. The molecular formula is C31H46O6. The van der Waals surface area contributed by atoms with E-state index in [0.29, 0.717) is 34.4 Å². The van der Waals surface area contributed by atoms with Crippen molar-refractivity contribution in [2.24, 2.45) is 45.8 Å². The third kappa shape index (κ3) is 3.55. The van der Waals surface area contributed by atoms with E-state index in [1.807, 2.05) is 13.8 Å². The minimum absolute atomic E-state index is 0.00468. The zero-order chi connectivity index (χ0) is 26.5. The third-order valence-electron chi connectivity index (χ3n) is 12.7. The zero-order valence-electron chi connectivity index (χ0n) is 23.6. The molecule has 6 aliphatic rings. The summed E-state index contributed by atoms with van der Waals surface area (Å²) in [6, 6.07) is 0. The molecule has 1 aliphatic heterocycles. The van der Waals surface area contributed by atoms with Gasteiger partial charge < -0.3 is 14.2 Å². The lowest BCUT2D eigenvalue weighted by Gasteiger charge is -2.56. The van der Waals surface area contributed by atoms with Crippen molar-refractivity contribution in [3.05, 3.63) is 0 Å². The largest absolute Gasteiger partial charge is 0.462 e. The standard InChI is InChI=1S/C31H46O6/c1-17-20-7-8-21-22-15-25(35-18(2)32)27(24-9-10-26(36-24)28(4,5)37-19(3)33)29(22,6)13-14-31(21)16-30(20,31)12-11-23(17)34/h17,20-22,24-27H,7-16H2,1-6H3. The van der Waals surface area contributed by atoms with Gasteiger partial charge in [-0.05, 0) is 106 Å². The van der Waals surface area contributed by atoms with Gasteiger partial charge in [0.05, 0.1) is 12.2 Å². The highest BCUT2D eigenvalue weighted by molar-refractivity contribution is 5.82. The quantitative estimate of drug-likeness (QED) is 0.452. The number of hydrogen-bond donors (Lipinski definition) is 0. The molecule has 0 aromatic heterocycles. The van der Waals surface area contributed by atoms with Gasteiger partial charge in [0.1, 0.15) is 17.5 Å². The van der Waals surface area contributed by atoms with Gasteiger partial charge in [-0.2, -0.15) is 0 Å². The van der Waals surface area contributed by atoms with Crippen LogP contribution in [0.25, 0.3) is 0 Å². The second kappa shape index (κ2) is 8.29. The van der Waals surface area contributed by atoms with Crippen LogP contribution >= 0.6 is 0 Å². The number of ether oxygens (including phenoxy) is 3. The van der Waals surface area contributed by atoms with Gasteiger partial charge >= 0.3 is 11.9 Å². The van der Waals surface area contributed by atoms with Crippen molar-refractivity contribution in [2.75, 3.05) is 0 Å². The van der Waals surface area contributed by atoms with E-state index < -0.39 is 5.60 Å². The fraction of sp³-hybridized carbons (Fsp3) is 0.903. The molecule has 0 amide bonds. The normalized spacial score (nSPS) is 50.4. The summed E-state index contributed by atoms with van der Waals surface area (Å²) in [5.41, 5.74) is 0.151. The molecule has 0 aromatic carbocycles. The highest BCUT2D eigenvalue weighted by Crippen LogP contribution is 2.85. The van der Waals surface area contributed by atoms with Gasteiger partial charge in [0.2, 0.25) is 0 Å². The summed E-state index contributed by atoms with van der Waals surface area (Å²) >= 11 is 0. The minimum atomic E-state index is -0.680. The predicted molar refractivity (Wildman–Crippen MR) is 137 cm³/mol. The Hall–Kier alpha value is -1.43. The monoisotopic (exact) mass is 514 g/mol. The van der Waals surface area contributed by atoms with E-state index in [9.17, 15) is 14.4 Å². The van der Waals surface area contributed by atoms with Gasteiger partial charge in [-0.25, -0.2) is 0 Å². The molecule has 5 aliphatic carbocycles. The maximum absolute atomic E-state index is 12.6. The van der Waals surface area contributed by atoms with Crippen LogP contribution in [-0.4, -0.2) is 41.6 Å². The Morgan fingerprint density at radius 2 is 1.65 bits per heavy atom. The first-order valence-corrected chi connectivity index (χ1v) is 14.9. The van der Waals surface area contributed by atoms with Gasteiger partial charge in [-0.15, -0.1) is 0 Å². The number of carbonyl (C=O) groups excluding carboxylic acids is 3. The number of esters is 2. The third-order valence-corrected chi connectivity index (χ3v) is 12.7. The Kier molecular flexibility index (Phi) is 5.78. The first-order chi connectivity index (χ1) is 17.3. The molecule has 1 heterocycles. The molecule has 6 nitrogen and oxygen atoms in total. The number of rotatable bonds is 4. The van der Waals surface area contributed by atoms with Crippen LogP contribution in [-0.2, 0) is 28.6 Å². The van der Waals surface area contributed by atoms with Crippen LogP contribution in [0.1, 0.15) is 106 Å². The second-order valence-corrected chi connectivity index (χ2v) is 14.5. The topological polar surface area (TPSA) is 78.9 Å². The highest BCUT2D eigenvalue weighted by atomic mass is 16.6. The van der Waals surface area contributed by atoms with Crippen molar-refractivity contribution in [1.29, 1.82) is 0 Å². The van der Waals surface area contributed by atoms with E-state index in [-0.39, 0.29) is 47.5 Å². The molecule has 2 spiro atoms. The predicted octanol–water partition coefficient (Wildman–Crippen LogP) is 5.65. The first-order valence-electron chi connectivity index (χ1n) is 14.9. The number of carbonyl (C=O) groups is 3. The Labute approximate surface area is 221 Å². The van der Waals surface area contributed by atoms with Crippen molar-refractivity contribution in [1.82, 2.24) is 0 Å². The molecule has 6 rings (SSSR count). The first kappa shape index (κ1) is 25.8. The molecule has 0 N–H and O–H groups in total. The van der Waals surface area contributed by atoms with Crippen molar-refractivity contribution in [2.45, 2.75) is 130 Å². The van der Waals surface area contributed by atoms with Crippen LogP contribution in [0.2, 0.25) is 0 Å². The fourth-order valence-corrected chi connectivity index (χ4v) is 11.3. The van der Waals surface area contributed by atoms with Gasteiger partial charge in [-0.1, -0.05) is 13.8 Å². The molecule has 206 valence electrons. The summed E-state index contributed by atoms with van der Waals surface area (Å²) in [5.74, 6) is 2.12. The summed E-state index contributed by atoms with van der Waals surface area (Å²) in [4.78, 5) is 36.6. The van der Waals surface area contributed by atoms with Crippen molar-refractivity contribution < 1.29 is 28.6 Å². The molecule has 11 atom stereocenters. The molecule has 5 saturated carbocycles. The zero-order valence-corrected chi connectivity index (χ0v) is 23.6. The minimum Gasteiger partial charge on any atom is -0.462 e.